The van der Waals surface area contributed by atoms with Gasteiger partial charge in [0.2, 0.25) is 0 Å². The molecule has 0 fully saturated rings. The van der Waals surface area contributed by atoms with Crippen LogP contribution in [-0.2, 0) is 0 Å². The molecule has 1 aliphatic heterocycles. The quantitative estimate of drug-likeness (QED) is 0.416. The van der Waals surface area contributed by atoms with Crippen molar-refractivity contribution >= 4 is 17.4 Å². The molecule has 1 aliphatic rings. The highest BCUT2D eigenvalue weighted by Gasteiger charge is 2.30. The van der Waals surface area contributed by atoms with Crippen LogP contribution in [0, 0.1) is 0 Å². The van der Waals surface area contributed by atoms with Crippen LogP contribution in [0.2, 0.25) is 0 Å². The Kier molecular flexibility index (Phi) is 4.93. The zero-order valence-electron chi connectivity index (χ0n) is 16.5. The molecule has 0 aliphatic carbocycles. The summed E-state index contributed by atoms with van der Waals surface area (Å²) in [5, 5.41) is 0. The van der Waals surface area contributed by atoms with E-state index in [9.17, 15) is 0 Å². The van der Waals surface area contributed by atoms with Crippen LogP contribution in [-0.4, -0.2) is 11.7 Å². The molecule has 4 aromatic rings. The van der Waals surface area contributed by atoms with Crippen molar-refractivity contribution < 1.29 is 0 Å². The molecule has 4 aromatic carbocycles. The molecule has 144 valence electrons. The van der Waals surface area contributed by atoms with Crippen molar-refractivity contribution in [2.24, 2.45) is 9.98 Å². The van der Waals surface area contributed by atoms with E-state index in [2.05, 4.69) is 77.7 Å². The molecule has 0 aromatic heterocycles. The summed E-state index contributed by atoms with van der Waals surface area (Å²) in [6.07, 6.45) is -0.212. The monoisotopic (exact) mass is 387 g/mol. The second-order valence-corrected chi connectivity index (χ2v) is 7.11. The third-order valence-electron chi connectivity index (χ3n) is 5.13. The summed E-state index contributed by atoms with van der Waals surface area (Å²) in [7, 11) is 0. The average molecular weight is 387 g/mol. The van der Waals surface area contributed by atoms with Crippen LogP contribution in [0.5, 0.6) is 0 Å². The highest BCUT2D eigenvalue weighted by atomic mass is 15.3. The first-order valence-corrected chi connectivity index (χ1v) is 10.1. The molecule has 1 unspecified atom stereocenters. The maximum atomic E-state index is 5.11. The fraction of sp³-hybridized carbons (Fsp3) is 0.0370. The lowest BCUT2D eigenvalue weighted by Crippen LogP contribution is -2.39. The molecule has 1 atom stereocenters. The third kappa shape index (κ3) is 3.53. The van der Waals surface area contributed by atoms with Crippen LogP contribution in [0.25, 0.3) is 0 Å². The zero-order chi connectivity index (χ0) is 20.2. The largest absolute Gasteiger partial charge is 0.299 e. The van der Waals surface area contributed by atoms with E-state index in [1.54, 1.807) is 0 Å². The van der Waals surface area contributed by atoms with Crippen molar-refractivity contribution in [3.63, 3.8) is 0 Å². The topological polar surface area (TPSA) is 28.0 Å². The molecule has 0 bridgehead atoms. The van der Waals surface area contributed by atoms with Gasteiger partial charge in [-0.15, -0.1) is 0 Å². The van der Waals surface area contributed by atoms with Crippen LogP contribution < -0.4 is 4.90 Å². The van der Waals surface area contributed by atoms with E-state index in [0.29, 0.717) is 0 Å². The number of amidine groups is 2. The van der Waals surface area contributed by atoms with E-state index >= 15 is 0 Å². The smallest absolute Gasteiger partial charge is 0.159 e. The van der Waals surface area contributed by atoms with Gasteiger partial charge in [0.15, 0.2) is 12.0 Å². The van der Waals surface area contributed by atoms with Gasteiger partial charge in [-0.05, 0) is 17.7 Å². The van der Waals surface area contributed by atoms with Crippen molar-refractivity contribution in [2.75, 3.05) is 4.90 Å². The molecule has 0 saturated carbocycles. The van der Waals surface area contributed by atoms with Gasteiger partial charge in [-0.3, -0.25) is 4.90 Å². The lowest BCUT2D eigenvalue weighted by molar-refractivity contribution is 0.743. The van der Waals surface area contributed by atoms with Gasteiger partial charge in [0.05, 0.1) is 0 Å². The Morgan fingerprint density at radius 3 is 1.63 bits per heavy atom. The Morgan fingerprint density at radius 1 is 0.533 bits per heavy atom. The van der Waals surface area contributed by atoms with Crippen molar-refractivity contribution in [1.29, 1.82) is 0 Å². The van der Waals surface area contributed by atoms with Crippen LogP contribution in [0.15, 0.2) is 131 Å². The molecule has 30 heavy (non-hydrogen) atoms. The molecule has 0 N–H and O–H groups in total. The van der Waals surface area contributed by atoms with Crippen molar-refractivity contribution in [2.45, 2.75) is 6.17 Å². The van der Waals surface area contributed by atoms with Crippen molar-refractivity contribution in [1.82, 2.24) is 0 Å². The number of anilines is 1. The van der Waals surface area contributed by atoms with Gasteiger partial charge in [0, 0.05) is 16.8 Å². The van der Waals surface area contributed by atoms with Crippen LogP contribution >= 0.6 is 0 Å². The first kappa shape index (κ1) is 18.1. The predicted octanol–water partition coefficient (Wildman–Crippen LogP) is 6.10. The van der Waals surface area contributed by atoms with Gasteiger partial charge < -0.3 is 0 Å². The first-order chi connectivity index (χ1) is 14.9. The first-order valence-electron chi connectivity index (χ1n) is 10.1. The molecule has 1 heterocycles. The molecule has 5 rings (SSSR count). The lowest BCUT2D eigenvalue weighted by Gasteiger charge is -2.35. The fourth-order valence-corrected chi connectivity index (χ4v) is 3.69. The Labute approximate surface area is 176 Å². The second-order valence-electron chi connectivity index (χ2n) is 7.11. The summed E-state index contributed by atoms with van der Waals surface area (Å²) < 4.78 is 0. The molecule has 0 spiro atoms. The van der Waals surface area contributed by atoms with E-state index in [1.165, 1.54) is 0 Å². The Balaban J connectivity index is 1.74. The Hall–Kier alpha value is -3.98. The molecule has 3 heteroatoms. The Bertz CT molecular complexity index is 1170. The van der Waals surface area contributed by atoms with Crippen LogP contribution in [0.3, 0.4) is 0 Å². The number of hydrogen-bond acceptors (Lipinski definition) is 3. The summed E-state index contributed by atoms with van der Waals surface area (Å²) in [4.78, 5) is 12.4. The summed E-state index contributed by atoms with van der Waals surface area (Å²) in [6, 6.07) is 41.3. The predicted molar refractivity (Wildman–Crippen MR) is 124 cm³/mol. The number of nitrogens with zero attached hydrogens (tertiary/aromatic N) is 3. The van der Waals surface area contributed by atoms with E-state index in [4.69, 9.17) is 9.98 Å². The highest BCUT2D eigenvalue weighted by Crippen LogP contribution is 2.34. The highest BCUT2D eigenvalue weighted by molar-refractivity contribution is 6.19. The average Bonchev–Trinajstić information content (AvgIpc) is 2.85. The summed E-state index contributed by atoms with van der Waals surface area (Å²) in [6.45, 7) is 0. The molecule has 3 nitrogen and oxygen atoms in total. The molecule has 0 radical (unpaired) electrons. The van der Waals surface area contributed by atoms with Gasteiger partial charge in [-0.2, -0.15) is 0 Å². The van der Waals surface area contributed by atoms with E-state index in [1.807, 2.05) is 48.5 Å². The second kappa shape index (κ2) is 8.18. The summed E-state index contributed by atoms with van der Waals surface area (Å²) in [5.74, 6) is 1.64. The van der Waals surface area contributed by atoms with E-state index in [-0.39, 0.29) is 6.17 Å². The minimum absolute atomic E-state index is 0.212. The molecule has 0 saturated heterocycles. The molecular weight excluding hydrogens is 366 g/mol. The maximum absolute atomic E-state index is 5.11. The fourth-order valence-electron chi connectivity index (χ4n) is 3.69. The normalized spacial score (nSPS) is 16.0. The number of para-hydroxylation sites is 1. The SMILES string of the molecule is c1ccc(C2=NC(c3ccccc3)N(c3ccccc3)C(c3ccccc3)=N2)cc1. The van der Waals surface area contributed by atoms with Gasteiger partial charge in [0.25, 0.3) is 0 Å². The number of benzene rings is 4. The summed E-state index contributed by atoms with van der Waals surface area (Å²) >= 11 is 0. The number of hydrogen-bond donors (Lipinski definition) is 0. The number of aliphatic imine (C=N–C) groups is 2. The third-order valence-corrected chi connectivity index (χ3v) is 5.13. The number of rotatable bonds is 4. The standard InChI is InChI=1S/C27H21N3/c1-5-13-21(14-6-1)25-28-26(22-15-7-2-8-16-22)30(24-19-11-4-12-20-24)27(29-25)23-17-9-3-10-18-23/h1-20,26H. The van der Waals surface area contributed by atoms with E-state index in [0.717, 1.165) is 34.0 Å². The minimum atomic E-state index is -0.212. The molecular formula is C27H21N3. The van der Waals surface area contributed by atoms with E-state index < -0.39 is 0 Å². The van der Waals surface area contributed by atoms with Gasteiger partial charge >= 0.3 is 0 Å². The molecule has 0 amide bonds. The van der Waals surface area contributed by atoms with Crippen LogP contribution in [0.4, 0.5) is 5.69 Å². The van der Waals surface area contributed by atoms with Gasteiger partial charge in [-0.1, -0.05) is 109 Å². The maximum Gasteiger partial charge on any atom is 0.159 e. The Morgan fingerprint density at radius 2 is 1.03 bits per heavy atom. The van der Waals surface area contributed by atoms with Crippen LogP contribution in [0.1, 0.15) is 22.9 Å². The van der Waals surface area contributed by atoms with Gasteiger partial charge in [-0.25, -0.2) is 9.98 Å². The van der Waals surface area contributed by atoms with Gasteiger partial charge in [0.1, 0.15) is 5.84 Å². The minimum Gasteiger partial charge on any atom is -0.299 e. The lowest BCUT2D eigenvalue weighted by atomic mass is 10.1. The van der Waals surface area contributed by atoms with Crippen molar-refractivity contribution in [3.8, 4) is 0 Å². The summed E-state index contributed by atoms with van der Waals surface area (Å²) in [5.41, 5.74) is 4.26. The van der Waals surface area contributed by atoms with Crippen molar-refractivity contribution in [3.05, 3.63) is 138 Å². The zero-order valence-corrected chi connectivity index (χ0v) is 16.5.